The highest BCUT2D eigenvalue weighted by atomic mass is 32.2. The van der Waals surface area contributed by atoms with Gasteiger partial charge in [0.25, 0.3) is 0 Å². The van der Waals surface area contributed by atoms with E-state index in [0.717, 1.165) is 0 Å². The van der Waals surface area contributed by atoms with E-state index in [9.17, 15) is 17.6 Å². The SMILES string of the molecule is O=C(CCc1ccccc1F)N1CCN(S(=O)(=O)c2ccccc2)CC1. The highest BCUT2D eigenvalue weighted by Gasteiger charge is 2.29. The van der Waals surface area contributed by atoms with E-state index in [0.29, 0.717) is 25.1 Å². The van der Waals surface area contributed by atoms with Gasteiger partial charge in [-0.3, -0.25) is 4.79 Å². The van der Waals surface area contributed by atoms with Crippen molar-refractivity contribution < 1.29 is 17.6 Å². The standard InChI is InChI=1S/C19H21FN2O3S/c20-18-9-5-4-6-16(18)10-11-19(23)21-12-14-22(15-13-21)26(24,25)17-7-2-1-3-8-17/h1-9H,10-15H2. The Hall–Kier alpha value is -2.25. The molecular weight excluding hydrogens is 355 g/mol. The first-order valence-corrected chi connectivity index (χ1v) is 9.99. The number of carbonyl (C=O) groups is 1. The maximum atomic E-state index is 13.6. The quantitative estimate of drug-likeness (QED) is 0.805. The van der Waals surface area contributed by atoms with E-state index >= 15 is 0 Å². The van der Waals surface area contributed by atoms with Gasteiger partial charge in [0.1, 0.15) is 5.82 Å². The summed E-state index contributed by atoms with van der Waals surface area (Å²) in [4.78, 5) is 14.3. The number of hydrogen-bond donors (Lipinski definition) is 0. The van der Waals surface area contributed by atoms with E-state index in [1.807, 2.05) is 0 Å². The van der Waals surface area contributed by atoms with Gasteiger partial charge in [0, 0.05) is 32.6 Å². The first-order chi connectivity index (χ1) is 12.5. The molecule has 138 valence electrons. The van der Waals surface area contributed by atoms with Crippen molar-refractivity contribution in [2.24, 2.45) is 0 Å². The molecular formula is C19H21FN2O3S. The van der Waals surface area contributed by atoms with Crippen molar-refractivity contribution in [1.29, 1.82) is 0 Å². The molecule has 1 aliphatic rings. The number of nitrogens with zero attached hydrogens (tertiary/aromatic N) is 2. The predicted octanol–water partition coefficient (Wildman–Crippen LogP) is 2.29. The molecule has 1 aliphatic heterocycles. The predicted molar refractivity (Wildman–Crippen MR) is 96.5 cm³/mol. The van der Waals surface area contributed by atoms with E-state index in [2.05, 4.69) is 0 Å². The van der Waals surface area contributed by atoms with Crippen molar-refractivity contribution in [2.75, 3.05) is 26.2 Å². The van der Waals surface area contributed by atoms with Crippen LogP contribution in [0.3, 0.4) is 0 Å². The maximum Gasteiger partial charge on any atom is 0.243 e. The summed E-state index contributed by atoms with van der Waals surface area (Å²) >= 11 is 0. The molecule has 1 heterocycles. The third kappa shape index (κ3) is 4.11. The van der Waals surface area contributed by atoms with Gasteiger partial charge in [0.05, 0.1) is 4.90 Å². The fourth-order valence-corrected chi connectivity index (χ4v) is 4.46. The molecule has 2 aromatic rings. The first kappa shape index (κ1) is 18.5. The Morgan fingerprint density at radius 1 is 0.923 bits per heavy atom. The molecule has 0 spiro atoms. The average molecular weight is 376 g/mol. The van der Waals surface area contributed by atoms with Crippen LogP contribution < -0.4 is 0 Å². The monoisotopic (exact) mass is 376 g/mol. The number of hydrogen-bond acceptors (Lipinski definition) is 3. The third-order valence-electron chi connectivity index (χ3n) is 4.54. The summed E-state index contributed by atoms with van der Waals surface area (Å²) in [5, 5.41) is 0. The molecule has 0 saturated carbocycles. The zero-order chi connectivity index (χ0) is 18.6. The van der Waals surface area contributed by atoms with Gasteiger partial charge in [-0.2, -0.15) is 4.31 Å². The fourth-order valence-electron chi connectivity index (χ4n) is 3.02. The lowest BCUT2D eigenvalue weighted by Crippen LogP contribution is -2.50. The molecule has 0 unspecified atom stereocenters. The van der Waals surface area contributed by atoms with Crippen LogP contribution in [-0.2, 0) is 21.2 Å². The van der Waals surface area contributed by atoms with Gasteiger partial charge < -0.3 is 4.90 Å². The van der Waals surface area contributed by atoms with Crippen LogP contribution in [0.4, 0.5) is 4.39 Å². The van der Waals surface area contributed by atoms with Crippen LogP contribution in [0.1, 0.15) is 12.0 Å². The summed E-state index contributed by atoms with van der Waals surface area (Å²) in [6.45, 7) is 1.23. The largest absolute Gasteiger partial charge is 0.340 e. The van der Waals surface area contributed by atoms with Gasteiger partial charge in [0.2, 0.25) is 15.9 Å². The number of benzene rings is 2. The van der Waals surface area contributed by atoms with E-state index < -0.39 is 10.0 Å². The number of halogens is 1. The molecule has 1 saturated heterocycles. The Bertz CT molecular complexity index is 863. The highest BCUT2D eigenvalue weighted by Crippen LogP contribution is 2.18. The van der Waals surface area contributed by atoms with E-state index in [1.165, 1.54) is 10.4 Å². The van der Waals surface area contributed by atoms with Crippen LogP contribution in [0.15, 0.2) is 59.5 Å². The van der Waals surface area contributed by atoms with Crippen LogP contribution >= 0.6 is 0 Å². The Kier molecular flexibility index (Phi) is 5.68. The number of aryl methyl sites for hydroxylation is 1. The van der Waals surface area contributed by atoms with E-state index in [4.69, 9.17) is 0 Å². The second kappa shape index (κ2) is 7.97. The lowest BCUT2D eigenvalue weighted by Gasteiger charge is -2.34. The van der Waals surface area contributed by atoms with Crippen LogP contribution in [0.2, 0.25) is 0 Å². The van der Waals surface area contributed by atoms with Crippen molar-refractivity contribution in [1.82, 2.24) is 9.21 Å². The number of rotatable bonds is 5. The zero-order valence-corrected chi connectivity index (χ0v) is 15.2. The molecule has 2 aromatic carbocycles. The van der Waals surface area contributed by atoms with E-state index in [-0.39, 0.29) is 36.1 Å². The Morgan fingerprint density at radius 2 is 1.54 bits per heavy atom. The van der Waals surface area contributed by atoms with Gasteiger partial charge >= 0.3 is 0 Å². The van der Waals surface area contributed by atoms with Crippen LogP contribution in [0, 0.1) is 5.82 Å². The summed E-state index contributed by atoms with van der Waals surface area (Å²) in [6, 6.07) is 14.7. The molecule has 3 rings (SSSR count). The highest BCUT2D eigenvalue weighted by molar-refractivity contribution is 7.89. The van der Waals surface area contributed by atoms with Gasteiger partial charge in [-0.25, -0.2) is 12.8 Å². The average Bonchev–Trinajstić information content (AvgIpc) is 2.68. The molecule has 0 aromatic heterocycles. The summed E-state index contributed by atoms with van der Waals surface area (Å²) in [5.41, 5.74) is 0.520. The number of piperazine rings is 1. The minimum absolute atomic E-state index is 0.0787. The Morgan fingerprint density at radius 3 is 2.19 bits per heavy atom. The van der Waals surface area contributed by atoms with Crippen LogP contribution in [0.25, 0.3) is 0 Å². The molecule has 5 nitrogen and oxygen atoms in total. The van der Waals surface area contributed by atoms with E-state index in [1.54, 1.807) is 53.4 Å². The van der Waals surface area contributed by atoms with Crippen molar-refractivity contribution in [3.8, 4) is 0 Å². The van der Waals surface area contributed by atoms with Gasteiger partial charge in [-0.05, 0) is 30.2 Å². The molecule has 26 heavy (non-hydrogen) atoms. The summed E-state index contributed by atoms with van der Waals surface area (Å²) < 4.78 is 40.2. The molecule has 0 radical (unpaired) electrons. The second-order valence-corrected chi connectivity index (χ2v) is 8.13. The smallest absolute Gasteiger partial charge is 0.243 e. The Balaban J connectivity index is 1.55. The van der Waals surface area contributed by atoms with Crippen molar-refractivity contribution in [3.05, 3.63) is 66.0 Å². The molecule has 0 atom stereocenters. The molecule has 0 bridgehead atoms. The molecule has 1 fully saturated rings. The maximum absolute atomic E-state index is 13.6. The second-order valence-electron chi connectivity index (χ2n) is 6.19. The van der Waals surface area contributed by atoms with Gasteiger partial charge in [0.15, 0.2) is 0 Å². The molecule has 7 heteroatoms. The van der Waals surface area contributed by atoms with Crippen molar-refractivity contribution in [3.63, 3.8) is 0 Å². The molecule has 0 aliphatic carbocycles. The lowest BCUT2D eigenvalue weighted by atomic mass is 10.1. The third-order valence-corrected chi connectivity index (χ3v) is 6.45. The number of carbonyl (C=O) groups excluding carboxylic acids is 1. The molecule has 0 N–H and O–H groups in total. The zero-order valence-electron chi connectivity index (χ0n) is 14.3. The minimum Gasteiger partial charge on any atom is -0.340 e. The Labute approximate surface area is 153 Å². The van der Waals surface area contributed by atoms with Crippen molar-refractivity contribution >= 4 is 15.9 Å². The van der Waals surface area contributed by atoms with Crippen molar-refractivity contribution in [2.45, 2.75) is 17.7 Å². The lowest BCUT2D eigenvalue weighted by molar-refractivity contribution is -0.132. The van der Waals surface area contributed by atoms with Crippen LogP contribution in [-0.4, -0.2) is 49.7 Å². The number of amides is 1. The first-order valence-electron chi connectivity index (χ1n) is 8.55. The number of sulfonamides is 1. The summed E-state index contributed by atoms with van der Waals surface area (Å²) in [5.74, 6) is -0.385. The normalized spacial score (nSPS) is 15.8. The van der Waals surface area contributed by atoms with Gasteiger partial charge in [-0.15, -0.1) is 0 Å². The topological polar surface area (TPSA) is 57.7 Å². The summed E-state index contributed by atoms with van der Waals surface area (Å²) in [7, 11) is -3.53. The minimum atomic E-state index is -3.53. The van der Waals surface area contributed by atoms with Crippen LogP contribution in [0.5, 0.6) is 0 Å². The van der Waals surface area contributed by atoms with Gasteiger partial charge in [-0.1, -0.05) is 36.4 Å². The molecule has 1 amide bonds. The summed E-state index contributed by atoms with van der Waals surface area (Å²) in [6.07, 6.45) is 0.556. The fraction of sp³-hybridized carbons (Fsp3) is 0.316.